The number of unbranched alkanes of at least 4 members (excludes halogenated alkanes) is 2. The maximum absolute atomic E-state index is 5.91. The fourth-order valence-electron chi connectivity index (χ4n) is 2.53. The molecule has 0 spiro atoms. The average molecular weight is 279 g/mol. The molecule has 1 aromatic carbocycles. The number of thioether (sulfide) groups is 1. The molecule has 0 aliphatic carbocycles. The highest BCUT2D eigenvalue weighted by Gasteiger charge is 2.30. The third-order valence-electron chi connectivity index (χ3n) is 3.53. The highest BCUT2D eigenvalue weighted by molar-refractivity contribution is 7.99. The minimum atomic E-state index is 0.432. The first-order valence-corrected chi connectivity index (χ1v) is 8.48. The smallest absolute Gasteiger partial charge is 0.124 e. The predicted molar refractivity (Wildman–Crippen MR) is 84.1 cm³/mol. The van der Waals surface area contributed by atoms with Gasteiger partial charge >= 0.3 is 0 Å². The number of ether oxygens (including phenoxy) is 1. The van der Waals surface area contributed by atoms with Crippen LogP contribution in [0.5, 0.6) is 5.75 Å². The number of fused-ring (bicyclic) bond motifs is 1. The van der Waals surface area contributed by atoms with E-state index in [1.54, 1.807) is 0 Å². The topological polar surface area (TPSA) is 21.3 Å². The van der Waals surface area contributed by atoms with Gasteiger partial charge in [0.05, 0.1) is 11.3 Å². The van der Waals surface area contributed by atoms with Gasteiger partial charge in [-0.25, -0.2) is 0 Å². The molecule has 19 heavy (non-hydrogen) atoms. The van der Waals surface area contributed by atoms with Crippen LogP contribution in [0.4, 0.5) is 0 Å². The summed E-state index contributed by atoms with van der Waals surface area (Å²) in [4.78, 5) is 0. The maximum Gasteiger partial charge on any atom is 0.124 e. The van der Waals surface area contributed by atoms with Gasteiger partial charge in [-0.15, -0.1) is 0 Å². The summed E-state index contributed by atoms with van der Waals surface area (Å²) in [5, 5.41) is 4.16. The van der Waals surface area contributed by atoms with E-state index in [4.69, 9.17) is 4.74 Å². The van der Waals surface area contributed by atoms with E-state index in [-0.39, 0.29) is 0 Å². The molecule has 0 amide bonds. The Bertz CT molecular complexity index is 383. The van der Waals surface area contributed by atoms with Crippen molar-refractivity contribution < 1.29 is 4.74 Å². The summed E-state index contributed by atoms with van der Waals surface area (Å²) in [5.74, 6) is 2.30. The van der Waals surface area contributed by atoms with Crippen LogP contribution in [0, 0.1) is 0 Å². The summed E-state index contributed by atoms with van der Waals surface area (Å²) in [7, 11) is 0. The van der Waals surface area contributed by atoms with Crippen molar-refractivity contribution in [2.75, 3.05) is 18.9 Å². The Labute approximate surface area is 121 Å². The number of hydrogen-bond acceptors (Lipinski definition) is 3. The van der Waals surface area contributed by atoms with Crippen LogP contribution in [0.15, 0.2) is 24.3 Å². The Morgan fingerprint density at radius 3 is 2.89 bits per heavy atom. The Kier molecular flexibility index (Phi) is 6.05. The minimum absolute atomic E-state index is 0.432. The lowest BCUT2D eigenvalue weighted by molar-refractivity contribution is 0.261. The molecule has 3 heteroatoms. The number of para-hydroxylation sites is 1. The lowest BCUT2D eigenvalue weighted by atomic mass is 10.0. The van der Waals surface area contributed by atoms with E-state index in [0.29, 0.717) is 11.3 Å². The van der Waals surface area contributed by atoms with Crippen molar-refractivity contribution in [1.82, 2.24) is 5.32 Å². The molecular formula is C16H25NOS. The molecule has 106 valence electrons. The molecular weight excluding hydrogens is 254 g/mol. The number of nitrogens with one attached hydrogen (secondary N) is 1. The highest BCUT2D eigenvalue weighted by atomic mass is 32.2. The van der Waals surface area contributed by atoms with Crippen molar-refractivity contribution in [3.8, 4) is 5.75 Å². The first-order chi connectivity index (χ1) is 9.36. The van der Waals surface area contributed by atoms with Crippen molar-refractivity contribution in [2.24, 2.45) is 0 Å². The van der Waals surface area contributed by atoms with E-state index in [1.807, 2.05) is 0 Å². The van der Waals surface area contributed by atoms with E-state index in [0.717, 1.165) is 18.9 Å². The number of rotatable bonds is 7. The second-order valence-corrected chi connectivity index (χ2v) is 6.35. The second kappa shape index (κ2) is 7.81. The summed E-state index contributed by atoms with van der Waals surface area (Å²) >= 11 is 2.06. The standard InChI is InChI=1S/C16H25NOS/c1-3-5-8-11-19-15-12-18-14-10-7-6-9-13(14)16(15)17-4-2/h6-7,9-10,15-17H,3-5,8,11-12H2,1-2H3. The average Bonchev–Trinajstić information content (AvgIpc) is 2.45. The SMILES string of the molecule is CCCCCSC1COc2ccccc2C1NCC. The predicted octanol–water partition coefficient (Wildman–Crippen LogP) is 4.02. The zero-order chi connectivity index (χ0) is 13.5. The lowest BCUT2D eigenvalue weighted by Gasteiger charge is -2.33. The molecule has 0 saturated carbocycles. The molecule has 1 aliphatic rings. The zero-order valence-corrected chi connectivity index (χ0v) is 12.8. The summed E-state index contributed by atoms with van der Waals surface area (Å²) in [6, 6.07) is 8.87. The van der Waals surface area contributed by atoms with Crippen molar-refractivity contribution in [3.05, 3.63) is 29.8 Å². The Hall–Kier alpha value is -0.670. The molecule has 1 N–H and O–H groups in total. The van der Waals surface area contributed by atoms with Crippen LogP contribution < -0.4 is 10.1 Å². The van der Waals surface area contributed by atoms with Crippen LogP contribution in [-0.4, -0.2) is 24.2 Å². The van der Waals surface area contributed by atoms with E-state index in [2.05, 4.69) is 55.2 Å². The molecule has 2 rings (SSSR count). The number of hydrogen-bond donors (Lipinski definition) is 1. The van der Waals surface area contributed by atoms with Gasteiger partial charge < -0.3 is 10.1 Å². The van der Waals surface area contributed by atoms with Crippen LogP contribution in [0.3, 0.4) is 0 Å². The van der Waals surface area contributed by atoms with Gasteiger partial charge in [0.15, 0.2) is 0 Å². The van der Waals surface area contributed by atoms with Gasteiger partial charge in [0, 0.05) is 5.56 Å². The van der Waals surface area contributed by atoms with Crippen molar-refractivity contribution in [1.29, 1.82) is 0 Å². The molecule has 1 heterocycles. The fraction of sp³-hybridized carbons (Fsp3) is 0.625. The van der Waals surface area contributed by atoms with Crippen LogP contribution in [0.1, 0.15) is 44.7 Å². The molecule has 2 atom stereocenters. The summed E-state index contributed by atoms with van der Waals surface area (Å²) in [6.07, 6.45) is 3.95. The fourth-order valence-corrected chi connectivity index (χ4v) is 3.80. The van der Waals surface area contributed by atoms with Crippen molar-refractivity contribution in [3.63, 3.8) is 0 Å². The molecule has 2 nitrogen and oxygen atoms in total. The Morgan fingerprint density at radius 1 is 1.26 bits per heavy atom. The highest BCUT2D eigenvalue weighted by Crippen LogP contribution is 2.37. The van der Waals surface area contributed by atoms with E-state index in [1.165, 1.54) is 30.6 Å². The molecule has 1 aromatic rings. The molecule has 0 bridgehead atoms. The summed E-state index contributed by atoms with van der Waals surface area (Å²) in [5.41, 5.74) is 1.32. The third-order valence-corrected chi connectivity index (χ3v) is 4.89. The Balaban J connectivity index is 2.00. The van der Waals surface area contributed by atoms with Gasteiger partial charge in [0.25, 0.3) is 0 Å². The molecule has 1 aliphatic heterocycles. The van der Waals surface area contributed by atoms with Gasteiger partial charge in [-0.05, 0) is 24.8 Å². The lowest BCUT2D eigenvalue weighted by Crippen LogP contribution is -2.37. The molecule has 0 radical (unpaired) electrons. The van der Waals surface area contributed by atoms with E-state index in [9.17, 15) is 0 Å². The van der Waals surface area contributed by atoms with Crippen molar-refractivity contribution in [2.45, 2.75) is 44.4 Å². The maximum atomic E-state index is 5.91. The molecule has 0 aromatic heterocycles. The van der Waals surface area contributed by atoms with Crippen molar-refractivity contribution >= 4 is 11.8 Å². The van der Waals surface area contributed by atoms with Crippen LogP contribution in [0.25, 0.3) is 0 Å². The zero-order valence-electron chi connectivity index (χ0n) is 12.0. The van der Waals surface area contributed by atoms with Gasteiger partial charge in [0.1, 0.15) is 12.4 Å². The van der Waals surface area contributed by atoms with Gasteiger partial charge in [-0.2, -0.15) is 11.8 Å². The first kappa shape index (κ1) is 14.7. The molecule has 2 unspecified atom stereocenters. The first-order valence-electron chi connectivity index (χ1n) is 7.43. The third kappa shape index (κ3) is 3.90. The largest absolute Gasteiger partial charge is 0.492 e. The molecule has 0 fully saturated rings. The number of benzene rings is 1. The summed E-state index contributed by atoms with van der Waals surface area (Å²) in [6.45, 7) is 6.26. The summed E-state index contributed by atoms with van der Waals surface area (Å²) < 4.78 is 5.91. The van der Waals surface area contributed by atoms with E-state index < -0.39 is 0 Å². The van der Waals surface area contributed by atoms with Crippen LogP contribution in [-0.2, 0) is 0 Å². The van der Waals surface area contributed by atoms with Crippen LogP contribution in [0.2, 0.25) is 0 Å². The quantitative estimate of drug-likeness (QED) is 0.762. The van der Waals surface area contributed by atoms with Gasteiger partial charge in [-0.3, -0.25) is 0 Å². The Morgan fingerprint density at radius 2 is 2.11 bits per heavy atom. The molecule has 0 saturated heterocycles. The van der Waals surface area contributed by atoms with Crippen LogP contribution >= 0.6 is 11.8 Å². The van der Waals surface area contributed by atoms with Gasteiger partial charge in [0.2, 0.25) is 0 Å². The second-order valence-electron chi connectivity index (χ2n) is 5.00. The minimum Gasteiger partial charge on any atom is -0.492 e. The monoisotopic (exact) mass is 279 g/mol. The van der Waals surface area contributed by atoms with Gasteiger partial charge in [-0.1, -0.05) is 44.9 Å². The normalized spacial score (nSPS) is 21.8. The van der Waals surface area contributed by atoms with E-state index >= 15 is 0 Å².